The lowest BCUT2D eigenvalue weighted by Gasteiger charge is -2.25. The molecule has 0 radical (unpaired) electrons. The average Bonchev–Trinajstić information content (AvgIpc) is 2.89. The number of amides is 1. The second-order valence-corrected chi connectivity index (χ2v) is 6.49. The summed E-state index contributed by atoms with van der Waals surface area (Å²) in [6, 6.07) is 7.59. The topological polar surface area (TPSA) is 55.1 Å². The quantitative estimate of drug-likeness (QED) is 0.894. The zero-order valence-electron chi connectivity index (χ0n) is 11.3. The van der Waals surface area contributed by atoms with Gasteiger partial charge < -0.3 is 11.1 Å². The summed E-state index contributed by atoms with van der Waals surface area (Å²) in [5.41, 5.74) is 6.05. The molecule has 1 aromatic rings. The van der Waals surface area contributed by atoms with Crippen LogP contribution in [0.1, 0.15) is 38.2 Å². The molecular weight excluding hydrogens is 304 g/mol. The Morgan fingerprint density at radius 3 is 2.53 bits per heavy atom. The van der Waals surface area contributed by atoms with Crippen LogP contribution in [0, 0.1) is 5.92 Å². The number of rotatable bonds is 4. The fraction of sp³-hybridized carbons (Fsp3) is 0.533. The van der Waals surface area contributed by atoms with Crippen molar-refractivity contribution in [2.75, 3.05) is 6.54 Å². The minimum atomic E-state index is -0.973. The van der Waals surface area contributed by atoms with Gasteiger partial charge in [0.2, 0.25) is 5.91 Å². The number of nitrogens with one attached hydrogen (secondary N) is 1. The molecule has 1 fully saturated rings. The first-order valence-corrected chi connectivity index (χ1v) is 7.62. The van der Waals surface area contributed by atoms with E-state index in [1.54, 1.807) is 6.92 Å². The van der Waals surface area contributed by atoms with Crippen molar-refractivity contribution in [1.82, 2.24) is 5.32 Å². The van der Waals surface area contributed by atoms with E-state index >= 15 is 0 Å². The zero-order valence-corrected chi connectivity index (χ0v) is 12.9. The highest BCUT2D eigenvalue weighted by Crippen LogP contribution is 2.25. The van der Waals surface area contributed by atoms with Gasteiger partial charge >= 0.3 is 0 Å². The fourth-order valence-electron chi connectivity index (χ4n) is 2.56. The van der Waals surface area contributed by atoms with E-state index in [0.29, 0.717) is 5.92 Å². The van der Waals surface area contributed by atoms with Crippen LogP contribution in [0.5, 0.6) is 0 Å². The number of hydrogen-bond acceptors (Lipinski definition) is 2. The number of carbonyl (C=O) groups excluding carboxylic acids is 1. The molecule has 19 heavy (non-hydrogen) atoms. The number of carbonyl (C=O) groups is 1. The van der Waals surface area contributed by atoms with Crippen LogP contribution in [-0.2, 0) is 10.3 Å². The van der Waals surface area contributed by atoms with Crippen LogP contribution in [-0.4, -0.2) is 12.5 Å². The smallest absolute Gasteiger partial charge is 0.244 e. The third-order valence-corrected chi connectivity index (χ3v) is 4.47. The first-order valence-electron chi connectivity index (χ1n) is 6.83. The van der Waals surface area contributed by atoms with Gasteiger partial charge in [0.1, 0.15) is 5.54 Å². The monoisotopic (exact) mass is 324 g/mol. The van der Waals surface area contributed by atoms with Gasteiger partial charge in [-0.1, -0.05) is 40.9 Å². The van der Waals surface area contributed by atoms with Crippen molar-refractivity contribution in [2.24, 2.45) is 11.7 Å². The minimum absolute atomic E-state index is 0.0956. The predicted molar refractivity (Wildman–Crippen MR) is 80.6 cm³/mol. The third kappa shape index (κ3) is 3.57. The Morgan fingerprint density at radius 2 is 1.95 bits per heavy atom. The molecule has 1 saturated carbocycles. The van der Waals surface area contributed by atoms with Crippen LogP contribution in [0.15, 0.2) is 28.7 Å². The molecular formula is C15H21BrN2O. The number of hydrogen-bond donors (Lipinski definition) is 2. The summed E-state index contributed by atoms with van der Waals surface area (Å²) in [6.45, 7) is 2.52. The zero-order chi connectivity index (χ0) is 13.9. The van der Waals surface area contributed by atoms with Crippen molar-refractivity contribution in [1.29, 1.82) is 0 Å². The van der Waals surface area contributed by atoms with Gasteiger partial charge in [-0.05, 0) is 43.4 Å². The maximum atomic E-state index is 12.3. The van der Waals surface area contributed by atoms with Crippen molar-refractivity contribution in [2.45, 2.75) is 38.1 Å². The van der Waals surface area contributed by atoms with Crippen LogP contribution in [0.25, 0.3) is 0 Å². The normalized spacial score (nSPS) is 19.1. The number of benzene rings is 1. The van der Waals surface area contributed by atoms with Crippen LogP contribution in [0.3, 0.4) is 0 Å². The molecule has 0 aliphatic heterocycles. The average molecular weight is 325 g/mol. The molecule has 1 aliphatic rings. The Hall–Kier alpha value is -0.870. The van der Waals surface area contributed by atoms with Crippen LogP contribution in [0.4, 0.5) is 0 Å². The number of halogens is 1. The molecule has 3 nitrogen and oxygen atoms in total. The minimum Gasteiger partial charge on any atom is -0.354 e. The van der Waals surface area contributed by atoms with E-state index in [-0.39, 0.29) is 5.91 Å². The molecule has 0 spiro atoms. The maximum absolute atomic E-state index is 12.3. The van der Waals surface area contributed by atoms with Gasteiger partial charge in [0.05, 0.1) is 0 Å². The molecule has 1 aliphatic carbocycles. The van der Waals surface area contributed by atoms with E-state index in [1.807, 2.05) is 24.3 Å². The summed E-state index contributed by atoms with van der Waals surface area (Å²) in [6.07, 6.45) is 5.01. The highest BCUT2D eigenvalue weighted by atomic mass is 79.9. The first kappa shape index (κ1) is 14.5. The molecule has 0 saturated heterocycles. The SMILES string of the molecule is CC(N)(C(=O)NCC1CCCC1)c1ccc(Br)cc1. The van der Waals surface area contributed by atoms with E-state index in [0.717, 1.165) is 16.6 Å². The maximum Gasteiger partial charge on any atom is 0.244 e. The van der Waals surface area contributed by atoms with E-state index in [1.165, 1.54) is 25.7 Å². The van der Waals surface area contributed by atoms with Crippen molar-refractivity contribution >= 4 is 21.8 Å². The Morgan fingerprint density at radius 1 is 1.37 bits per heavy atom. The van der Waals surface area contributed by atoms with Gasteiger partial charge in [0.25, 0.3) is 0 Å². The Balaban J connectivity index is 1.97. The summed E-state index contributed by atoms with van der Waals surface area (Å²) in [5, 5.41) is 3.00. The lowest BCUT2D eigenvalue weighted by atomic mass is 9.92. The molecule has 1 aromatic carbocycles. The molecule has 3 N–H and O–H groups in total. The highest BCUT2D eigenvalue weighted by molar-refractivity contribution is 9.10. The van der Waals surface area contributed by atoms with E-state index in [4.69, 9.17) is 5.73 Å². The summed E-state index contributed by atoms with van der Waals surface area (Å²) in [4.78, 5) is 12.3. The summed E-state index contributed by atoms with van der Waals surface area (Å²) in [5.74, 6) is 0.534. The Bertz CT molecular complexity index is 436. The second-order valence-electron chi connectivity index (χ2n) is 5.57. The van der Waals surface area contributed by atoms with E-state index in [2.05, 4.69) is 21.2 Å². The standard InChI is InChI=1S/C15H21BrN2O/c1-15(17,12-6-8-13(16)9-7-12)14(19)18-10-11-4-2-3-5-11/h6-9,11H,2-5,10,17H2,1H3,(H,18,19). The molecule has 0 aromatic heterocycles. The molecule has 1 atom stereocenters. The molecule has 104 valence electrons. The van der Waals surface area contributed by atoms with Crippen molar-refractivity contribution < 1.29 is 4.79 Å². The highest BCUT2D eigenvalue weighted by Gasteiger charge is 2.30. The van der Waals surface area contributed by atoms with Crippen LogP contribution in [0.2, 0.25) is 0 Å². The molecule has 2 rings (SSSR count). The van der Waals surface area contributed by atoms with Gasteiger partial charge in [-0.3, -0.25) is 4.79 Å². The molecule has 1 unspecified atom stereocenters. The molecule has 4 heteroatoms. The van der Waals surface area contributed by atoms with Crippen molar-refractivity contribution in [3.8, 4) is 0 Å². The molecule has 0 heterocycles. The Labute approximate surface area is 123 Å². The fourth-order valence-corrected chi connectivity index (χ4v) is 2.83. The summed E-state index contributed by atoms with van der Waals surface area (Å²) in [7, 11) is 0. The third-order valence-electron chi connectivity index (χ3n) is 3.94. The summed E-state index contributed by atoms with van der Waals surface area (Å²) < 4.78 is 0.985. The number of nitrogens with two attached hydrogens (primary N) is 1. The van der Waals surface area contributed by atoms with E-state index < -0.39 is 5.54 Å². The van der Waals surface area contributed by atoms with Crippen LogP contribution >= 0.6 is 15.9 Å². The molecule has 0 bridgehead atoms. The van der Waals surface area contributed by atoms with Crippen molar-refractivity contribution in [3.05, 3.63) is 34.3 Å². The molecule has 1 amide bonds. The van der Waals surface area contributed by atoms with Gasteiger partial charge in [-0.2, -0.15) is 0 Å². The predicted octanol–water partition coefficient (Wildman–Crippen LogP) is 2.93. The van der Waals surface area contributed by atoms with Crippen LogP contribution < -0.4 is 11.1 Å². The first-order chi connectivity index (χ1) is 9.00. The largest absolute Gasteiger partial charge is 0.354 e. The lowest BCUT2D eigenvalue weighted by molar-refractivity contribution is -0.126. The van der Waals surface area contributed by atoms with Gasteiger partial charge in [0.15, 0.2) is 0 Å². The van der Waals surface area contributed by atoms with Gasteiger partial charge in [-0.25, -0.2) is 0 Å². The van der Waals surface area contributed by atoms with Gasteiger partial charge in [-0.15, -0.1) is 0 Å². The van der Waals surface area contributed by atoms with E-state index in [9.17, 15) is 4.79 Å². The van der Waals surface area contributed by atoms with Gasteiger partial charge in [0, 0.05) is 11.0 Å². The Kier molecular flexibility index (Phi) is 4.63. The summed E-state index contributed by atoms with van der Waals surface area (Å²) >= 11 is 3.38. The second kappa shape index (κ2) is 6.06. The lowest BCUT2D eigenvalue weighted by Crippen LogP contribution is -2.49. The van der Waals surface area contributed by atoms with Crippen molar-refractivity contribution in [3.63, 3.8) is 0 Å².